The lowest BCUT2D eigenvalue weighted by Gasteiger charge is -2.51. The predicted octanol–water partition coefficient (Wildman–Crippen LogP) is 9.68. The minimum absolute atomic E-state index is 0.119. The van der Waals surface area contributed by atoms with Crippen LogP contribution in [0, 0.1) is 27.7 Å². The Morgan fingerprint density at radius 2 is 0.966 bits per heavy atom. The van der Waals surface area contributed by atoms with E-state index >= 15 is 4.79 Å². The first-order valence-corrected chi connectivity index (χ1v) is 20.3. The second-order valence-corrected chi connectivity index (χ2v) is 16.2. The van der Waals surface area contributed by atoms with Crippen LogP contribution in [0.4, 0.5) is 21.9 Å². The largest absolute Gasteiger partial charge is 0.456 e. The highest BCUT2D eigenvalue weighted by Crippen LogP contribution is 2.46. The SMILES string of the molecule is Cc1cccc(C)c1B1C=C2N(c3ccc4c(c3)oc3ccccc34)C(=O)N(c3cccc4c3oc3ccccc34)C3=CB(c4c(C)cccc4C)c4cccc1c4N23. The Morgan fingerprint density at radius 1 is 0.458 bits per heavy atom. The molecule has 1 saturated heterocycles. The van der Waals surface area contributed by atoms with Gasteiger partial charge in [-0.1, -0.05) is 148 Å². The number of para-hydroxylation sites is 4. The normalized spacial score (nSPS) is 14.8. The van der Waals surface area contributed by atoms with Gasteiger partial charge < -0.3 is 8.83 Å². The highest BCUT2D eigenvalue weighted by atomic mass is 16.3. The summed E-state index contributed by atoms with van der Waals surface area (Å²) in [4.78, 5) is 22.2. The van der Waals surface area contributed by atoms with Crippen LogP contribution in [0.1, 0.15) is 22.3 Å². The van der Waals surface area contributed by atoms with Crippen molar-refractivity contribution in [2.24, 2.45) is 0 Å². The molecule has 6 nitrogen and oxygen atoms in total. The van der Waals surface area contributed by atoms with E-state index in [4.69, 9.17) is 8.83 Å². The lowest BCUT2D eigenvalue weighted by Crippen LogP contribution is -2.65. The molecule has 0 unspecified atom stereocenters. The van der Waals surface area contributed by atoms with Gasteiger partial charge in [0, 0.05) is 33.3 Å². The number of benzene rings is 7. The number of aryl methyl sites for hydroxylation is 4. The van der Waals surface area contributed by atoms with Crippen molar-refractivity contribution in [2.75, 3.05) is 14.7 Å². The van der Waals surface area contributed by atoms with Crippen molar-refractivity contribution < 1.29 is 13.6 Å². The van der Waals surface area contributed by atoms with Crippen LogP contribution in [0.5, 0.6) is 0 Å². The molecule has 0 spiro atoms. The van der Waals surface area contributed by atoms with E-state index in [1.807, 2.05) is 64.4 Å². The van der Waals surface area contributed by atoms with E-state index in [1.54, 1.807) is 0 Å². The van der Waals surface area contributed by atoms with Crippen LogP contribution in [0.2, 0.25) is 0 Å². The van der Waals surface area contributed by atoms with Gasteiger partial charge in [-0.05, 0) is 69.0 Å². The van der Waals surface area contributed by atoms with Gasteiger partial charge in [-0.15, -0.1) is 0 Å². The van der Waals surface area contributed by atoms with Crippen molar-refractivity contribution in [1.82, 2.24) is 0 Å². The van der Waals surface area contributed by atoms with E-state index in [2.05, 4.69) is 129 Å². The summed E-state index contributed by atoms with van der Waals surface area (Å²) < 4.78 is 13.2. The number of anilines is 3. The summed E-state index contributed by atoms with van der Waals surface area (Å²) in [5, 5.41) is 4.02. The molecule has 7 aromatic carbocycles. The molecule has 2 amide bonds. The van der Waals surface area contributed by atoms with Crippen molar-refractivity contribution in [3.8, 4) is 0 Å². The number of amides is 2. The smallest absolute Gasteiger partial charge is 0.340 e. The van der Waals surface area contributed by atoms with Crippen LogP contribution in [0.25, 0.3) is 43.9 Å². The predicted molar refractivity (Wildman–Crippen MR) is 245 cm³/mol. The van der Waals surface area contributed by atoms with Gasteiger partial charge in [0.1, 0.15) is 28.4 Å². The van der Waals surface area contributed by atoms with Crippen LogP contribution in [-0.2, 0) is 0 Å². The molecule has 5 heterocycles. The second-order valence-electron chi connectivity index (χ2n) is 16.2. The summed E-state index contributed by atoms with van der Waals surface area (Å²) >= 11 is 0. The van der Waals surface area contributed by atoms with Crippen LogP contribution in [0.3, 0.4) is 0 Å². The van der Waals surface area contributed by atoms with E-state index in [0.29, 0.717) is 17.0 Å². The van der Waals surface area contributed by atoms with E-state index in [1.165, 1.54) is 44.1 Å². The Hall–Kier alpha value is -7.18. The molecule has 0 atom stereocenters. The fourth-order valence-electron chi connectivity index (χ4n) is 10.3. The van der Waals surface area contributed by atoms with Crippen molar-refractivity contribution in [1.29, 1.82) is 0 Å². The van der Waals surface area contributed by atoms with Crippen molar-refractivity contribution in [3.05, 3.63) is 185 Å². The molecule has 0 saturated carbocycles. The van der Waals surface area contributed by atoms with Crippen molar-refractivity contribution in [2.45, 2.75) is 27.7 Å². The Kier molecular flexibility index (Phi) is 7.13. The molecule has 280 valence electrons. The number of nitrogens with zero attached hydrogens (tertiary/aromatic N) is 3. The first kappa shape index (κ1) is 33.9. The number of hydrogen-bond acceptors (Lipinski definition) is 4. The molecule has 0 radical (unpaired) electrons. The molecule has 9 aromatic rings. The molecular weight excluding hydrogens is 724 g/mol. The third-order valence-electron chi connectivity index (χ3n) is 12.9. The quantitative estimate of drug-likeness (QED) is 0.168. The summed E-state index contributed by atoms with van der Waals surface area (Å²) in [6.45, 7) is 8.54. The number of furan rings is 2. The second kappa shape index (κ2) is 12.4. The summed E-state index contributed by atoms with van der Waals surface area (Å²) in [7, 11) is 0. The molecule has 1 fully saturated rings. The number of hydrogen-bond donors (Lipinski definition) is 0. The molecule has 2 aromatic heterocycles. The third kappa shape index (κ3) is 4.74. The fraction of sp³-hybridized carbons (Fsp3) is 0.0784. The maximum atomic E-state index is 16.1. The van der Waals surface area contributed by atoms with Gasteiger partial charge in [-0.2, -0.15) is 0 Å². The van der Waals surface area contributed by atoms with Crippen LogP contribution in [-0.4, -0.2) is 19.5 Å². The Morgan fingerprint density at radius 3 is 1.61 bits per heavy atom. The zero-order valence-corrected chi connectivity index (χ0v) is 33.2. The van der Waals surface area contributed by atoms with Crippen LogP contribution in [0.15, 0.2) is 172 Å². The zero-order valence-electron chi connectivity index (χ0n) is 33.2. The summed E-state index contributed by atoms with van der Waals surface area (Å²) in [6.07, 6.45) is 0. The lowest BCUT2D eigenvalue weighted by atomic mass is 9.33. The van der Waals surface area contributed by atoms with Crippen LogP contribution < -0.4 is 36.6 Å². The third-order valence-corrected chi connectivity index (χ3v) is 12.9. The maximum absolute atomic E-state index is 16.1. The summed E-state index contributed by atoms with van der Waals surface area (Å²) in [5.41, 5.74) is 15.2. The number of urea groups is 1. The van der Waals surface area contributed by atoms with Gasteiger partial charge in [0.05, 0.1) is 11.4 Å². The van der Waals surface area contributed by atoms with Gasteiger partial charge in [-0.3, -0.25) is 4.90 Å². The van der Waals surface area contributed by atoms with Gasteiger partial charge in [0.2, 0.25) is 13.4 Å². The Labute approximate surface area is 342 Å². The molecule has 3 aliphatic heterocycles. The molecule has 0 bridgehead atoms. The van der Waals surface area contributed by atoms with Gasteiger partial charge in [0.15, 0.2) is 5.58 Å². The lowest BCUT2D eigenvalue weighted by molar-refractivity contribution is 0.252. The minimum atomic E-state index is -0.203. The highest BCUT2D eigenvalue weighted by Gasteiger charge is 2.50. The number of carbonyl (C=O) groups excluding carboxylic acids is 1. The molecule has 8 heteroatoms. The Balaban J connectivity index is 1.19. The standard InChI is InChI=1S/C51H37B2N3O3/c1-30-13-9-14-31(2)47(30)52-28-45-54(34-25-26-37-35-17-5-7-23-42(35)58-44(37)27-34)51(57)55(41-22-11-19-38-36-18-6-8-24-43(36)59-50(38)41)46-29-53(48-32(3)15-10-16-33(48)4)40-21-12-20-39(52)49(40)56(45)46/h5-29H,1-4H3. The molecule has 59 heavy (non-hydrogen) atoms. The van der Waals surface area contributed by atoms with E-state index < -0.39 is 0 Å². The molecular formula is C51H37B2N3O3. The number of rotatable bonds is 4. The maximum Gasteiger partial charge on any atom is 0.340 e. The van der Waals surface area contributed by atoms with Gasteiger partial charge >= 0.3 is 6.03 Å². The molecule has 3 aliphatic rings. The fourth-order valence-corrected chi connectivity index (χ4v) is 10.3. The highest BCUT2D eigenvalue weighted by molar-refractivity contribution is 6.95. The average Bonchev–Trinajstić information content (AvgIpc) is 3.81. The first-order valence-electron chi connectivity index (χ1n) is 20.3. The van der Waals surface area contributed by atoms with Gasteiger partial charge in [0.25, 0.3) is 0 Å². The summed E-state index contributed by atoms with van der Waals surface area (Å²) in [5.74, 6) is 6.17. The van der Waals surface area contributed by atoms with E-state index in [0.717, 1.165) is 55.6 Å². The first-order chi connectivity index (χ1) is 28.9. The van der Waals surface area contributed by atoms with E-state index in [9.17, 15) is 0 Å². The number of fused-ring (bicyclic) bond motifs is 6. The average molecular weight is 761 g/mol. The molecule has 0 N–H and O–H groups in total. The molecule has 0 aliphatic carbocycles. The Bertz CT molecular complexity index is 3320. The minimum Gasteiger partial charge on any atom is -0.456 e. The van der Waals surface area contributed by atoms with Crippen LogP contribution >= 0.6 is 0 Å². The molecule has 12 rings (SSSR count). The monoisotopic (exact) mass is 761 g/mol. The van der Waals surface area contributed by atoms with E-state index in [-0.39, 0.29) is 19.5 Å². The number of carbonyl (C=O) groups is 1. The van der Waals surface area contributed by atoms with Gasteiger partial charge in [-0.25, -0.2) is 14.6 Å². The van der Waals surface area contributed by atoms with Crippen molar-refractivity contribution in [3.63, 3.8) is 0 Å². The zero-order chi connectivity index (χ0) is 39.7. The topological polar surface area (TPSA) is 53.1 Å². The summed E-state index contributed by atoms with van der Waals surface area (Å²) in [6, 6.07) is 48.1. The van der Waals surface area contributed by atoms with Crippen molar-refractivity contribution >= 4 is 102 Å².